The Labute approximate surface area is 174 Å². The van der Waals surface area contributed by atoms with E-state index < -0.39 is 6.10 Å². The van der Waals surface area contributed by atoms with Gasteiger partial charge in [-0.3, -0.25) is 4.98 Å². The minimum atomic E-state index is -0.953. The van der Waals surface area contributed by atoms with Crippen molar-refractivity contribution < 1.29 is 14.9 Å². The zero-order valence-electron chi connectivity index (χ0n) is 17.2. The lowest BCUT2D eigenvalue weighted by Crippen LogP contribution is -2.32. The van der Waals surface area contributed by atoms with Gasteiger partial charge in [-0.15, -0.1) is 0 Å². The molecular weight excluding hydrogens is 382 g/mol. The number of nitrogen functional groups attached to an aromatic ring is 1. The molecule has 0 aromatic carbocycles. The van der Waals surface area contributed by atoms with Crippen LogP contribution in [0.2, 0.25) is 0 Å². The Morgan fingerprint density at radius 2 is 2.20 bits per heavy atom. The number of aliphatic hydroxyl groups excluding tert-OH is 2. The monoisotopic (exact) mass is 409 g/mol. The van der Waals surface area contributed by atoms with Gasteiger partial charge in [0, 0.05) is 24.2 Å². The smallest absolute Gasteiger partial charge is 0.152 e. The van der Waals surface area contributed by atoms with Crippen LogP contribution in [0.5, 0.6) is 0 Å². The van der Waals surface area contributed by atoms with Crippen molar-refractivity contribution in [2.24, 2.45) is 0 Å². The Morgan fingerprint density at radius 1 is 1.40 bits per heavy atom. The molecule has 0 saturated carbocycles. The first-order chi connectivity index (χ1) is 14.5. The van der Waals surface area contributed by atoms with Crippen LogP contribution >= 0.6 is 0 Å². The molecule has 4 N–H and O–H groups in total. The van der Waals surface area contributed by atoms with E-state index in [2.05, 4.69) is 21.5 Å². The first kappa shape index (κ1) is 21.6. The van der Waals surface area contributed by atoms with Gasteiger partial charge in [0.15, 0.2) is 5.82 Å². The van der Waals surface area contributed by atoms with Gasteiger partial charge in [0.25, 0.3) is 0 Å². The fourth-order valence-electron chi connectivity index (χ4n) is 3.26. The average Bonchev–Trinajstić information content (AvgIpc) is 3.13. The molecule has 3 heterocycles. The molecule has 0 aliphatic carbocycles. The summed E-state index contributed by atoms with van der Waals surface area (Å²) in [6.07, 6.45) is 6.41. The van der Waals surface area contributed by atoms with Crippen LogP contribution in [0.3, 0.4) is 0 Å². The summed E-state index contributed by atoms with van der Waals surface area (Å²) in [5, 5.41) is 20.6. The molecule has 3 aromatic rings. The highest BCUT2D eigenvalue weighted by Crippen LogP contribution is 2.18. The van der Waals surface area contributed by atoms with Crippen molar-refractivity contribution in [2.45, 2.75) is 33.1 Å². The number of nitrogens with two attached hydrogens (primary N) is 1. The Hall–Kier alpha value is -3.07. The highest BCUT2D eigenvalue weighted by Gasteiger charge is 2.18. The number of anilines is 1. The number of allylic oxidation sites excluding steroid dienone is 2. The minimum absolute atomic E-state index is 0.139. The third-order valence-electron chi connectivity index (χ3n) is 4.76. The SMILES string of the molecule is C=c1/c(=C\C(=C/C)c2cccnc2)nc(N)c2nc(COCC)n(CC(O)CO)c12. The third-order valence-corrected chi connectivity index (χ3v) is 4.76. The molecular formula is C22H27N5O3. The lowest BCUT2D eigenvalue weighted by molar-refractivity contribution is 0.0773. The molecule has 0 spiro atoms. The minimum Gasteiger partial charge on any atom is -0.394 e. The summed E-state index contributed by atoms with van der Waals surface area (Å²) >= 11 is 0. The van der Waals surface area contributed by atoms with Gasteiger partial charge in [-0.25, -0.2) is 9.97 Å². The average molecular weight is 409 g/mol. The largest absolute Gasteiger partial charge is 0.394 e. The second-order valence-electron chi connectivity index (χ2n) is 6.80. The number of rotatable bonds is 8. The fraction of sp³-hybridized carbons (Fsp3) is 0.318. The van der Waals surface area contributed by atoms with E-state index in [1.165, 1.54) is 0 Å². The molecule has 0 aliphatic rings. The van der Waals surface area contributed by atoms with Crippen LogP contribution in [0, 0.1) is 0 Å². The van der Waals surface area contributed by atoms with Gasteiger partial charge in [0.1, 0.15) is 17.9 Å². The lowest BCUT2D eigenvalue weighted by atomic mass is 10.1. The summed E-state index contributed by atoms with van der Waals surface area (Å²) in [5.74, 6) is 0.855. The second kappa shape index (κ2) is 9.62. The third kappa shape index (κ3) is 4.40. The van der Waals surface area contributed by atoms with Crippen LogP contribution in [0.15, 0.2) is 30.6 Å². The quantitative estimate of drug-likeness (QED) is 0.498. The maximum absolute atomic E-state index is 10.1. The van der Waals surface area contributed by atoms with Gasteiger partial charge < -0.3 is 25.3 Å². The number of hydrogen-bond donors (Lipinski definition) is 3. The number of ether oxygens (including phenoxy) is 1. The molecule has 3 rings (SSSR count). The second-order valence-corrected chi connectivity index (χ2v) is 6.80. The first-order valence-electron chi connectivity index (χ1n) is 9.78. The zero-order valence-corrected chi connectivity index (χ0v) is 17.2. The number of aromatic nitrogens is 4. The maximum atomic E-state index is 10.1. The van der Waals surface area contributed by atoms with Gasteiger partial charge in [-0.1, -0.05) is 18.7 Å². The normalized spacial score (nSPS) is 13.9. The molecule has 3 aromatic heterocycles. The van der Waals surface area contributed by atoms with E-state index in [4.69, 9.17) is 10.5 Å². The number of nitrogens with zero attached hydrogens (tertiary/aromatic N) is 4. The van der Waals surface area contributed by atoms with Crippen LogP contribution < -0.4 is 16.3 Å². The highest BCUT2D eigenvalue weighted by molar-refractivity contribution is 5.90. The van der Waals surface area contributed by atoms with E-state index in [0.717, 1.165) is 11.1 Å². The Bertz CT molecular complexity index is 1160. The summed E-state index contributed by atoms with van der Waals surface area (Å²) in [5.41, 5.74) is 9.27. The predicted octanol–water partition coefficient (Wildman–Crippen LogP) is 0.592. The van der Waals surface area contributed by atoms with Gasteiger partial charge >= 0.3 is 0 Å². The summed E-state index contributed by atoms with van der Waals surface area (Å²) in [6.45, 7) is 8.58. The van der Waals surface area contributed by atoms with E-state index in [1.807, 2.05) is 38.1 Å². The first-order valence-corrected chi connectivity index (χ1v) is 9.78. The van der Waals surface area contributed by atoms with Crippen LogP contribution in [-0.4, -0.2) is 49.0 Å². The van der Waals surface area contributed by atoms with E-state index in [9.17, 15) is 10.2 Å². The number of hydrogen-bond acceptors (Lipinski definition) is 7. The topological polar surface area (TPSA) is 119 Å². The van der Waals surface area contributed by atoms with Crippen molar-refractivity contribution >= 4 is 35.1 Å². The van der Waals surface area contributed by atoms with E-state index >= 15 is 0 Å². The molecule has 158 valence electrons. The van der Waals surface area contributed by atoms with Crippen molar-refractivity contribution in [1.29, 1.82) is 0 Å². The highest BCUT2D eigenvalue weighted by atomic mass is 16.5. The van der Waals surface area contributed by atoms with Crippen molar-refractivity contribution in [3.05, 3.63) is 52.6 Å². The molecule has 1 atom stereocenters. The molecule has 0 radical (unpaired) electrons. The zero-order chi connectivity index (χ0) is 21.7. The van der Waals surface area contributed by atoms with Crippen molar-refractivity contribution in [1.82, 2.24) is 19.5 Å². The molecule has 30 heavy (non-hydrogen) atoms. The van der Waals surface area contributed by atoms with Crippen molar-refractivity contribution in [3.8, 4) is 0 Å². The lowest BCUT2D eigenvalue weighted by Gasteiger charge is -2.13. The van der Waals surface area contributed by atoms with Crippen LogP contribution in [0.1, 0.15) is 25.2 Å². The van der Waals surface area contributed by atoms with Gasteiger partial charge in [-0.2, -0.15) is 0 Å². The number of imidazole rings is 1. The van der Waals surface area contributed by atoms with Gasteiger partial charge in [0.2, 0.25) is 0 Å². The molecule has 8 nitrogen and oxygen atoms in total. The van der Waals surface area contributed by atoms with Gasteiger partial charge in [-0.05, 0) is 37.1 Å². The fourth-order valence-corrected chi connectivity index (χ4v) is 3.26. The summed E-state index contributed by atoms with van der Waals surface area (Å²) in [7, 11) is 0. The Morgan fingerprint density at radius 3 is 2.83 bits per heavy atom. The van der Waals surface area contributed by atoms with Crippen LogP contribution in [0.25, 0.3) is 29.3 Å². The van der Waals surface area contributed by atoms with Crippen LogP contribution in [0.4, 0.5) is 5.82 Å². The molecule has 0 aliphatic heterocycles. The van der Waals surface area contributed by atoms with E-state index in [1.54, 1.807) is 17.0 Å². The predicted molar refractivity (Wildman–Crippen MR) is 117 cm³/mol. The molecule has 0 bridgehead atoms. The Kier molecular flexibility index (Phi) is 6.94. The standard InChI is InChI=1S/C22H27N5O3/c1-4-15(16-7-6-8-24-10-16)9-18-14(3)21-20(22(23)25-18)26-19(13-30-5-2)27(21)11-17(29)12-28/h4,6-10,17,28-29H,3,5,11-13H2,1-2H3,(H2,23,25)/b15-4+,18-9+. The molecule has 0 fully saturated rings. The van der Waals surface area contributed by atoms with E-state index in [0.29, 0.717) is 34.0 Å². The molecule has 0 saturated heterocycles. The molecule has 8 heteroatoms. The van der Waals surface area contributed by atoms with Crippen molar-refractivity contribution in [3.63, 3.8) is 0 Å². The number of aliphatic hydroxyl groups is 2. The van der Waals surface area contributed by atoms with Gasteiger partial charge in [0.05, 0.1) is 30.1 Å². The number of pyridine rings is 2. The summed E-state index contributed by atoms with van der Waals surface area (Å²) in [6, 6.07) is 3.83. The summed E-state index contributed by atoms with van der Waals surface area (Å²) in [4.78, 5) is 13.3. The van der Waals surface area contributed by atoms with E-state index in [-0.39, 0.29) is 25.6 Å². The Balaban J connectivity index is 2.24. The molecule has 0 amide bonds. The summed E-state index contributed by atoms with van der Waals surface area (Å²) < 4.78 is 7.32. The van der Waals surface area contributed by atoms with Crippen molar-refractivity contribution in [2.75, 3.05) is 18.9 Å². The maximum Gasteiger partial charge on any atom is 0.152 e. The number of fused-ring (bicyclic) bond motifs is 1. The van der Waals surface area contributed by atoms with Crippen LogP contribution in [-0.2, 0) is 17.9 Å². The molecule has 1 unspecified atom stereocenters.